The number of carboxylic acid groups (broad SMARTS) is 1. The predicted octanol–water partition coefficient (Wildman–Crippen LogP) is 1.79. The van der Waals surface area contributed by atoms with Crippen molar-refractivity contribution in [2.75, 3.05) is 19.3 Å². The van der Waals surface area contributed by atoms with Crippen molar-refractivity contribution in [2.45, 2.75) is 51.6 Å². The van der Waals surface area contributed by atoms with Crippen LogP contribution in [0.5, 0.6) is 0 Å². The lowest BCUT2D eigenvalue weighted by molar-refractivity contribution is -0.192. The molecule has 1 unspecified atom stereocenters. The summed E-state index contributed by atoms with van der Waals surface area (Å²) >= 11 is 0. The molecule has 0 fully saturated rings. The van der Waals surface area contributed by atoms with E-state index in [1.165, 1.54) is 11.8 Å². The zero-order valence-corrected chi connectivity index (χ0v) is 18.8. The number of carbonyl (C=O) groups is 1. The first-order valence-corrected chi connectivity index (χ1v) is 11.7. The Balaban J connectivity index is 0.000000451. The molecule has 3 heterocycles. The number of nitrogens with one attached hydrogen (secondary N) is 1. The summed E-state index contributed by atoms with van der Waals surface area (Å²) in [5.41, 5.74) is 2.35. The molecule has 0 saturated heterocycles. The number of rotatable bonds is 7. The Hall–Kier alpha value is -2.45. The number of alkyl halides is 3. The van der Waals surface area contributed by atoms with Crippen LogP contribution in [-0.4, -0.2) is 69.5 Å². The van der Waals surface area contributed by atoms with Gasteiger partial charge in [0.05, 0.1) is 24.2 Å². The normalized spacial score (nSPS) is 17.0. The van der Waals surface area contributed by atoms with Gasteiger partial charge in [0.1, 0.15) is 0 Å². The van der Waals surface area contributed by atoms with Crippen LogP contribution in [0.1, 0.15) is 43.6 Å². The van der Waals surface area contributed by atoms with E-state index >= 15 is 0 Å². The van der Waals surface area contributed by atoms with Gasteiger partial charge in [-0.05, 0) is 26.3 Å². The van der Waals surface area contributed by atoms with Gasteiger partial charge < -0.3 is 5.11 Å². The highest BCUT2D eigenvalue weighted by atomic mass is 32.2. The number of aromatic nitrogens is 4. The maximum Gasteiger partial charge on any atom is 0.490 e. The molecule has 0 amide bonds. The Morgan fingerprint density at radius 2 is 2.00 bits per heavy atom. The summed E-state index contributed by atoms with van der Waals surface area (Å²) in [5, 5.41) is 16.0. The van der Waals surface area contributed by atoms with Crippen LogP contribution in [0, 0.1) is 0 Å². The van der Waals surface area contributed by atoms with Gasteiger partial charge in [-0.15, -0.1) is 0 Å². The third kappa shape index (κ3) is 7.91. The SMILES string of the molecule is CC(C)n1cc(CN2Cc3ccnn3C(CCNS(C)(=O)=O)C2)cn1.O=C(O)C(F)(F)F. The molecule has 14 heteroatoms. The molecule has 3 rings (SSSR count). The van der Waals surface area contributed by atoms with Crippen LogP contribution in [0.25, 0.3) is 0 Å². The molecule has 0 aliphatic carbocycles. The van der Waals surface area contributed by atoms with Gasteiger partial charge in [-0.2, -0.15) is 23.4 Å². The van der Waals surface area contributed by atoms with E-state index in [2.05, 4.69) is 39.9 Å². The first kappa shape index (κ1) is 25.8. The molecule has 0 spiro atoms. The fraction of sp³-hybridized carbons (Fsp3) is 0.611. The highest BCUT2D eigenvalue weighted by Gasteiger charge is 2.38. The monoisotopic (exact) mass is 480 g/mol. The smallest absolute Gasteiger partial charge is 0.475 e. The van der Waals surface area contributed by atoms with Crippen LogP contribution in [0.2, 0.25) is 0 Å². The first-order chi connectivity index (χ1) is 14.8. The van der Waals surface area contributed by atoms with Crippen molar-refractivity contribution in [3.63, 3.8) is 0 Å². The number of hydrogen-bond donors (Lipinski definition) is 2. The molecule has 1 atom stereocenters. The average molecular weight is 481 g/mol. The highest BCUT2D eigenvalue weighted by Crippen LogP contribution is 2.24. The number of carboxylic acids is 1. The van der Waals surface area contributed by atoms with Crippen LogP contribution in [0.15, 0.2) is 24.7 Å². The minimum Gasteiger partial charge on any atom is -0.475 e. The van der Waals surface area contributed by atoms with Crippen LogP contribution < -0.4 is 4.72 Å². The fourth-order valence-corrected chi connectivity index (χ4v) is 3.70. The lowest BCUT2D eigenvalue weighted by Gasteiger charge is -2.33. The molecular formula is C18H27F3N6O4S. The Morgan fingerprint density at radius 3 is 2.53 bits per heavy atom. The molecule has 10 nitrogen and oxygen atoms in total. The molecule has 180 valence electrons. The molecule has 0 bridgehead atoms. The molecule has 32 heavy (non-hydrogen) atoms. The topological polar surface area (TPSA) is 122 Å². The van der Waals surface area contributed by atoms with Gasteiger partial charge in [0.2, 0.25) is 10.0 Å². The third-order valence-corrected chi connectivity index (χ3v) is 5.36. The Kier molecular flexibility index (Phi) is 8.42. The summed E-state index contributed by atoms with van der Waals surface area (Å²) in [7, 11) is -3.16. The zero-order valence-electron chi connectivity index (χ0n) is 17.9. The van der Waals surface area contributed by atoms with E-state index in [0.717, 1.165) is 25.3 Å². The number of aliphatic carboxylic acids is 1. The summed E-state index contributed by atoms with van der Waals surface area (Å²) in [6.07, 6.45) is 2.64. The van der Waals surface area contributed by atoms with Gasteiger partial charge in [0.25, 0.3) is 0 Å². The molecule has 2 N–H and O–H groups in total. The Labute approximate surface area is 184 Å². The van der Waals surface area contributed by atoms with E-state index in [1.807, 2.05) is 27.8 Å². The van der Waals surface area contributed by atoms with Crippen LogP contribution in [-0.2, 0) is 27.9 Å². The van der Waals surface area contributed by atoms with Gasteiger partial charge >= 0.3 is 12.1 Å². The zero-order chi connectivity index (χ0) is 24.1. The van der Waals surface area contributed by atoms with Crippen molar-refractivity contribution in [3.05, 3.63) is 35.9 Å². The van der Waals surface area contributed by atoms with Crippen molar-refractivity contribution in [1.29, 1.82) is 0 Å². The summed E-state index contributed by atoms with van der Waals surface area (Å²) < 4.78 is 60.9. The van der Waals surface area contributed by atoms with Crippen molar-refractivity contribution >= 4 is 16.0 Å². The predicted molar refractivity (Wildman–Crippen MR) is 109 cm³/mol. The second-order valence-corrected chi connectivity index (χ2v) is 9.60. The summed E-state index contributed by atoms with van der Waals surface area (Å²) in [4.78, 5) is 11.3. The lowest BCUT2D eigenvalue weighted by Crippen LogP contribution is -2.38. The minimum absolute atomic E-state index is 0.160. The van der Waals surface area contributed by atoms with Crippen LogP contribution in [0.3, 0.4) is 0 Å². The van der Waals surface area contributed by atoms with Crippen LogP contribution in [0.4, 0.5) is 13.2 Å². The van der Waals surface area contributed by atoms with Gasteiger partial charge in [0, 0.05) is 50.2 Å². The Bertz CT molecular complexity index is 1000. The maximum absolute atomic E-state index is 11.3. The van der Waals surface area contributed by atoms with E-state index in [-0.39, 0.29) is 6.04 Å². The number of fused-ring (bicyclic) bond motifs is 1. The van der Waals surface area contributed by atoms with E-state index in [1.54, 1.807) is 0 Å². The summed E-state index contributed by atoms with van der Waals surface area (Å²) in [6.45, 7) is 7.15. The first-order valence-electron chi connectivity index (χ1n) is 9.78. The molecule has 1 aliphatic rings. The second kappa shape index (κ2) is 10.4. The lowest BCUT2D eigenvalue weighted by atomic mass is 10.1. The number of halogens is 3. The van der Waals surface area contributed by atoms with Crippen molar-refractivity contribution in [2.24, 2.45) is 0 Å². The standard InChI is InChI=1S/C16H26N6O2S.C2HF3O2/c1-13(2)21-10-14(8-18-21)9-20-11-15-4-6-17-22(15)16(12-20)5-7-19-25(3,23)24;3-2(4,5)1(6)7/h4,6,8,10,13,16,19H,5,7,9,11-12H2,1-3H3;(H,6,7). The molecule has 1 aliphatic heterocycles. The van der Waals surface area contributed by atoms with Crippen molar-refractivity contribution in [3.8, 4) is 0 Å². The van der Waals surface area contributed by atoms with Gasteiger partial charge in [-0.1, -0.05) is 0 Å². The minimum atomic E-state index is -5.08. The highest BCUT2D eigenvalue weighted by molar-refractivity contribution is 7.88. The van der Waals surface area contributed by atoms with E-state index < -0.39 is 22.2 Å². The molecule has 0 aromatic carbocycles. The molecule has 2 aromatic heterocycles. The summed E-state index contributed by atoms with van der Waals surface area (Å²) in [5.74, 6) is -2.76. The van der Waals surface area contributed by atoms with Gasteiger partial charge in [-0.3, -0.25) is 14.3 Å². The van der Waals surface area contributed by atoms with Gasteiger partial charge in [-0.25, -0.2) is 17.9 Å². The van der Waals surface area contributed by atoms with Gasteiger partial charge in [0.15, 0.2) is 0 Å². The van der Waals surface area contributed by atoms with E-state index in [4.69, 9.17) is 9.90 Å². The summed E-state index contributed by atoms with van der Waals surface area (Å²) in [6, 6.07) is 2.54. The molecular weight excluding hydrogens is 453 g/mol. The number of nitrogens with zero attached hydrogens (tertiary/aromatic N) is 5. The average Bonchev–Trinajstić information content (AvgIpc) is 3.29. The molecule has 0 radical (unpaired) electrons. The Morgan fingerprint density at radius 1 is 1.34 bits per heavy atom. The van der Waals surface area contributed by atoms with Crippen molar-refractivity contribution < 1.29 is 31.5 Å². The van der Waals surface area contributed by atoms with E-state index in [0.29, 0.717) is 19.0 Å². The number of hydrogen-bond acceptors (Lipinski definition) is 6. The molecule has 2 aromatic rings. The second-order valence-electron chi connectivity index (χ2n) is 7.77. The molecule has 0 saturated carbocycles. The van der Waals surface area contributed by atoms with Crippen LogP contribution >= 0.6 is 0 Å². The largest absolute Gasteiger partial charge is 0.490 e. The van der Waals surface area contributed by atoms with Crippen molar-refractivity contribution in [1.82, 2.24) is 29.2 Å². The van der Waals surface area contributed by atoms with E-state index in [9.17, 15) is 21.6 Å². The fourth-order valence-electron chi connectivity index (χ4n) is 3.21. The third-order valence-electron chi connectivity index (χ3n) is 4.63. The maximum atomic E-state index is 11.3. The number of sulfonamides is 1. The quantitative estimate of drug-likeness (QED) is 0.620.